The molecule has 6 heteroatoms. The molecule has 5 nitrogen and oxygen atoms in total. The first-order valence-corrected chi connectivity index (χ1v) is 8.56. The number of likely N-dealkylation sites (tertiary alicyclic amines) is 1. The van der Waals surface area contributed by atoms with Crippen molar-refractivity contribution < 1.29 is 14.7 Å². The van der Waals surface area contributed by atoms with Gasteiger partial charge in [0.2, 0.25) is 5.91 Å². The van der Waals surface area contributed by atoms with Gasteiger partial charge in [-0.05, 0) is 19.0 Å². The zero-order chi connectivity index (χ0) is 15.9. The zero-order valence-electron chi connectivity index (χ0n) is 12.7. The summed E-state index contributed by atoms with van der Waals surface area (Å²) in [6, 6.07) is 9.62. The Morgan fingerprint density at radius 2 is 2.09 bits per heavy atom. The van der Waals surface area contributed by atoms with Gasteiger partial charge in [-0.15, -0.1) is 0 Å². The summed E-state index contributed by atoms with van der Waals surface area (Å²) in [5.41, 5.74) is 1.26. The molecule has 1 aromatic rings. The van der Waals surface area contributed by atoms with Gasteiger partial charge in [0.25, 0.3) is 0 Å². The molecule has 2 N–H and O–H groups in total. The molecule has 120 valence electrons. The SMILES string of the molecule is CN1C[C@H](NC(=O)CCSCc2ccccc2)C[C@H]1C(=O)O. The minimum atomic E-state index is -0.822. The Morgan fingerprint density at radius 3 is 2.73 bits per heavy atom. The van der Waals surface area contributed by atoms with Gasteiger partial charge < -0.3 is 10.4 Å². The number of carbonyl (C=O) groups is 2. The Morgan fingerprint density at radius 1 is 1.36 bits per heavy atom. The maximum atomic E-state index is 11.9. The summed E-state index contributed by atoms with van der Waals surface area (Å²) < 4.78 is 0. The third-order valence-electron chi connectivity index (χ3n) is 3.78. The quantitative estimate of drug-likeness (QED) is 0.746. The first kappa shape index (κ1) is 16.8. The molecule has 1 aliphatic heterocycles. The van der Waals surface area contributed by atoms with E-state index < -0.39 is 12.0 Å². The summed E-state index contributed by atoms with van der Waals surface area (Å²) in [5.74, 6) is 0.857. The Labute approximate surface area is 135 Å². The van der Waals surface area contributed by atoms with Gasteiger partial charge >= 0.3 is 5.97 Å². The molecule has 0 bridgehead atoms. The molecule has 1 amide bonds. The molecule has 1 fully saturated rings. The number of benzene rings is 1. The Hall–Kier alpha value is -1.53. The van der Waals surface area contributed by atoms with Gasteiger partial charge in [0, 0.05) is 30.5 Å². The highest BCUT2D eigenvalue weighted by Gasteiger charge is 2.34. The molecular weight excluding hydrogens is 300 g/mol. The van der Waals surface area contributed by atoms with Crippen molar-refractivity contribution in [1.82, 2.24) is 10.2 Å². The predicted octanol–water partition coefficient (Wildman–Crippen LogP) is 1.58. The van der Waals surface area contributed by atoms with Crippen LogP contribution in [0, 0.1) is 0 Å². The first-order chi connectivity index (χ1) is 10.6. The van der Waals surface area contributed by atoms with Crippen molar-refractivity contribution >= 4 is 23.6 Å². The molecule has 0 saturated carbocycles. The highest BCUT2D eigenvalue weighted by Crippen LogP contribution is 2.16. The van der Waals surface area contributed by atoms with Crippen molar-refractivity contribution in [2.75, 3.05) is 19.3 Å². The van der Waals surface area contributed by atoms with Gasteiger partial charge in [-0.25, -0.2) is 0 Å². The van der Waals surface area contributed by atoms with Crippen molar-refractivity contribution in [1.29, 1.82) is 0 Å². The molecule has 2 atom stereocenters. The van der Waals surface area contributed by atoms with E-state index in [2.05, 4.69) is 17.4 Å². The maximum absolute atomic E-state index is 11.9. The number of carboxylic acids is 1. The van der Waals surface area contributed by atoms with E-state index in [0.717, 1.165) is 11.5 Å². The summed E-state index contributed by atoms with van der Waals surface area (Å²) >= 11 is 1.73. The average Bonchev–Trinajstić information content (AvgIpc) is 2.85. The van der Waals surface area contributed by atoms with Gasteiger partial charge in [0.1, 0.15) is 6.04 Å². The topological polar surface area (TPSA) is 69.6 Å². The summed E-state index contributed by atoms with van der Waals surface area (Å²) in [6.07, 6.45) is 0.949. The lowest BCUT2D eigenvalue weighted by molar-refractivity contribution is -0.141. The molecule has 1 saturated heterocycles. The van der Waals surface area contributed by atoms with Crippen LogP contribution < -0.4 is 5.32 Å². The van der Waals surface area contributed by atoms with Crippen LogP contribution in [-0.2, 0) is 15.3 Å². The predicted molar refractivity (Wildman–Crippen MR) is 87.8 cm³/mol. The molecular formula is C16H22N2O3S. The summed E-state index contributed by atoms with van der Waals surface area (Å²) in [6.45, 7) is 0.597. The molecule has 1 aromatic carbocycles. The lowest BCUT2D eigenvalue weighted by atomic mass is 10.1. The minimum absolute atomic E-state index is 0.00463. The lowest BCUT2D eigenvalue weighted by Crippen LogP contribution is -2.36. The van der Waals surface area contributed by atoms with Crippen LogP contribution in [0.2, 0.25) is 0 Å². The van der Waals surface area contributed by atoms with E-state index in [4.69, 9.17) is 5.11 Å². The second kappa shape index (κ2) is 8.19. The number of thioether (sulfide) groups is 1. The summed E-state index contributed by atoms with van der Waals surface area (Å²) in [5, 5.41) is 12.0. The van der Waals surface area contributed by atoms with E-state index in [1.165, 1.54) is 5.56 Å². The highest BCUT2D eigenvalue weighted by atomic mass is 32.2. The molecule has 0 aromatic heterocycles. The van der Waals surface area contributed by atoms with E-state index >= 15 is 0 Å². The summed E-state index contributed by atoms with van der Waals surface area (Å²) in [4.78, 5) is 24.7. The second-order valence-electron chi connectivity index (χ2n) is 5.58. The lowest BCUT2D eigenvalue weighted by Gasteiger charge is -2.13. The average molecular weight is 322 g/mol. The van der Waals surface area contributed by atoms with Crippen LogP contribution in [0.15, 0.2) is 30.3 Å². The van der Waals surface area contributed by atoms with Gasteiger partial charge in [0.05, 0.1) is 0 Å². The monoisotopic (exact) mass is 322 g/mol. The standard InChI is InChI=1S/C16H22N2O3S/c1-18-10-13(9-14(18)16(20)21)17-15(19)7-8-22-11-12-5-3-2-4-6-12/h2-6,13-14H,7-11H2,1H3,(H,17,19)(H,20,21)/t13-,14+/m1/s1. The molecule has 0 radical (unpaired) electrons. The maximum Gasteiger partial charge on any atom is 0.320 e. The number of hydrogen-bond donors (Lipinski definition) is 2. The van der Waals surface area contributed by atoms with Crippen molar-refractivity contribution in [2.24, 2.45) is 0 Å². The van der Waals surface area contributed by atoms with Crippen LogP contribution >= 0.6 is 11.8 Å². The zero-order valence-corrected chi connectivity index (χ0v) is 13.5. The van der Waals surface area contributed by atoms with Gasteiger partial charge in [-0.1, -0.05) is 30.3 Å². The Balaban J connectivity index is 1.63. The van der Waals surface area contributed by atoms with Gasteiger partial charge in [0.15, 0.2) is 0 Å². The first-order valence-electron chi connectivity index (χ1n) is 7.40. The number of hydrogen-bond acceptors (Lipinski definition) is 4. The normalized spacial score (nSPS) is 21.7. The molecule has 0 spiro atoms. The van der Waals surface area contributed by atoms with E-state index in [-0.39, 0.29) is 11.9 Å². The fraction of sp³-hybridized carbons (Fsp3) is 0.500. The van der Waals surface area contributed by atoms with Crippen LogP contribution in [0.1, 0.15) is 18.4 Å². The number of rotatable bonds is 7. The number of amides is 1. The van der Waals surface area contributed by atoms with E-state index in [1.54, 1.807) is 23.7 Å². The van der Waals surface area contributed by atoms with Crippen LogP contribution in [-0.4, -0.2) is 53.3 Å². The van der Waals surface area contributed by atoms with E-state index in [9.17, 15) is 9.59 Å². The molecule has 2 rings (SSSR count). The number of aliphatic carboxylic acids is 1. The van der Waals surface area contributed by atoms with Crippen LogP contribution in [0.25, 0.3) is 0 Å². The third-order valence-corrected chi connectivity index (χ3v) is 4.81. The fourth-order valence-electron chi connectivity index (χ4n) is 2.62. The highest BCUT2D eigenvalue weighted by molar-refractivity contribution is 7.98. The van der Waals surface area contributed by atoms with E-state index in [1.807, 2.05) is 18.2 Å². The number of nitrogens with zero attached hydrogens (tertiary/aromatic N) is 1. The number of nitrogens with one attached hydrogen (secondary N) is 1. The molecule has 0 aliphatic carbocycles. The van der Waals surface area contributed by atoms with Gasteiger partial charge in [-0.3, -0.25) is 14.5 Å². The Bertz CT molecular complexity index is 509. The molecule has 0 unspecified atom stereocenters. The smallest absolute Gasteiger partial charge is 0.320 e. The molecule has 22 heavy (non-hydrogen) atoms. The fourth-order valence-corrected chi connectivity index (χ4v) is 3.52. The number of carbonyl (C=O) groups excluding carboxylic acids is 1. The van der Waals surface area contributed by atoms with Crippen molar-refractivity contribution in [3.63, 3.8) is 0 Å². The molecule has 1 heterocycles. The minimum Gasteiger partial charge on any atom is -0.480 e. The van der Waals surface area contributed by atoms with Crippen molar-refractivity contribution in [3.05, 3.63) is 35.9 Å². The number of likely N-dealkylation sites (N-methyl/N-ethyl adjacent to an activating group) is 1. The van der Waals surface area contributed by atoms with E-state index in [0.29, 0.717) is 19.4 Å². The van der Waals surface area contributed by atoms with Gasteiger partial charge in [-0.2, -0.15) is 11.8 Å². The molecule has 1 aliphatic rings. The van der Waals surface area contributed by atoms with Crippen molar-refractivity contribution in [2.45, 2.75) is 30.7 Å². The van der Waals surface area contributed by atoms with Crippen LogP contribution in [0.4, 0.5) is 0 Å². The summed E-state index contributed by atoms with van der Waals surface area (Å²) in [7, 11) is 1.78. The largest absolute Gasteiger partial charge is 0.480 e. The number of carboxylic acid groups (broad SMARTS) is 1. The second-order valence-corrected chi connectivity index (χ2v) is 6.69. The van der Waals surface area contributed by atoms with Crippen LogP contribution in [0.3, 0.4) is 0 Å². The Kier molecular flexibility index (Phi) is 6.27. The third kappa shape index (κ3) is 5.03. The van der Waals surface area contributed by atoms with Crippen LogP contribution in [0.5, 0.6) is 0 Å². The van der Waals surface area contributed by atoms with Crippen molar-refractivity contribution in [3.8, 4) is 0 Å².